The summed E-state index contributed by atoms with van der Waals surface area (Å²) in [5, 5.41) is 15.8. The summed E-state index contributed by atoms with van der Waals surface area (Å²) in [4.78, 5) is 18.7. The molecular weight excluding hydrogens is 358 g/mol. The number of halogens is 1. The van der Waals surface area contributed by atoms with E-state index in [1.165, 1.54) is 0 Å². The lowest BCUT2D eigenvalue weighted by Gasteiger charge is -2.37. The van der Waals surface area contributed by atoms with Gasteiger partial charge in [-0.15, -0.1) is 0 Å². The van der Waals surface area contributed by atoms with Crippen molar-refractivity contribution in [3.63, 3.8) is 0 Å². The van der Waals surface area contributed by atoms with Crippen molar-refractivity contribution >= 4 is 23.2 Å². The van der Waals surface area contributed by atoms with Crippen LogP contribution in [0.5, 0.6) is 0 Å². The van der Waals surface area contributed by atoms with E-state index in [0.29, 0.717) is 41.1 Å². The number of aryl methyl sites for hydroxylation is 1. The Bertz CT molecular complexity index is 847. The molecule has 2 heterocycles. The number of carbonyl (C=O) groups is 1. The molecular formula is C17H18ClN5O3. The minimum Gasteiger partial charge on any atom is -0.375 e. The number of nitrogens with zero attached hydrogens (tertiary/aromatic N) is 4. The van der Waals surface area contributed by atoms with E-state index in [2.05, 4.69) is 15.5 Å². The van der Waals surface area contributed by atoms with Gasteiger partial charge in [-0.05, 0) is 32.0 Å². The summed E-state index contributed by atoms with van der Waals surface area (Å²) in [5.41, 5.74) is 0.893. The van der Waals surface area contributed by atoms with Crippen LogP contribution in [0, 0.1) is 18.3 Å². The number of nitriles is 1. The number of ether oxygens (including phenoxy) is 1. The summed E-state index contributed by atoms with van der Waals surface area (Å²) in [6.45, 7) is 4.87. The summed E-state index contributed by atoms with van der Waals surface area (Å²) in [5.74, 6) is 0.763. The number of nitrogens with one attached hydrogen (secondary N) is 1. The van der Waals surface area contributed by atoms with Gasteiger partial charge in [0.1, 0.15) is 12.1 Å². The van der Waals surface area contributed by atoms with Crippen molar-refractivity contribution < 1.29 is 14.1 Å². The summed E-state index contributed by atoms with van der Waals surface area (Å²) in [6.07, 6.45) is -0.180. The normalized spacial score (nSPS) is 20.5. The van der Waals surface area contributed by atoms with Crippen LogP contribution in [0.3, 0.4) is 0 Å². The zero-order chi connectivity index (χ0) is 18.7. The van der Waals surface area contributed by atoms with Gasteiger partial charge >= 0.3 is 0 Å². The van der Waals surface area contributed by atoms with Crippen molar-refractivity contribution in [3.05, 3.63) is 40.5 Å². The van der Waals surface area contributed by atoms with E-state index in [1.807, 2.05) is 17.9 Å². The molecule has 3 rings (SSSR count). The van der Waals surface area contributed by atoms with Crippen LogP contribution < -0.4 is 5.32 Å². The smallest absolute Gasteiger partial charge is 0.246 e. The van der Waals surface area contributed by atoms with Crippen molar-refractivity contribution in [1.82, 2.24) is 15.0 Å². The molecule has 1 N–H and O–H groups in total. The number of hydrogen-bond acceptors (Lipinski definition) is 7. The third-order valence-corrected chi connectivity index (χ3v) is 4.43. The number of amides is 1. The van der Waals surface area contributed by atoms with Crippen molar-refractivity contribution in [3.8, 4) is 6.07 Å². The molecule has 0 saturated carbocycles. The number of rotatable bonds is 4. The molecule has 1 saturated heterocycles. The molecule has 8 nitrogen and oxygen atoms in total. The Labute approximate surface area is 155 Å². The van der Waals surface area contributed by atoms with Gasteiger partial charge in [0, 0.05) is 12.2 Å². The van der Waals surface area contributed by atoms with Crippen LogP contribution in [0.4, 0.5) is 5.69 Å². The molecule has 0 bridgehead atoms. The maximum Gasteiger partial charge on any atom is 0.246 e. The van der Waals surface area contributed by atoms with Gasteiger partial charge in [0.15, 0.2) is 5.82 Å². The van der Waals surface area contributed by atoms with Crippen molar-refractivity contribution in [2.75, 3.05) is 25.0 Å². The lowest BCUT2D eigenvalue weighted by Crippen LogP contribution is -2.47. The molecule has 1 amide bonds. The fraction of sp³-hybridized carbons (Fsp3) is 0.412. The minimum atomic E-state index is -0.291. The zero-order valence-corrected chi connectivity index (χ0v) is 15.2. The molecule has 26 heavy (non-hydrogen) atoms. The first-order valence-electron chi connectivity index (χ1n) is 8.13. The Hall–Kier alpha value is -2.47. The second-order valence-corrected chi connectivity index (χ2v) is 6.43. The van der Waals surface area contributed by atoms with Crippen molar-refractivity contribution in [2.45, 2.75) is 26.0 Å². The predicted octanol–water partition coefficient (Wildman–Crippen LogP) is 2.30. The van der Waals surface area contributed by atoms with Gasteiger partial charge in [0.05, 0.1) is 29.8 Å². The number of aromatic nitrogens is 2. The van der Waals surface area contributed by atoms with Crippen LogP contribution in [0.25, 0.3) is 0 Å². The molecule has 136 valence electrons. The van der Waals surface area contributed by atoms with E-state index < -0.39 is 0 Å². The van der Waals surface area contributed by atoms with E-state index in [1.54, 1.807) is 25.1 Å². The highest BCUT2D eigenvalue weighted by atomic mass is 35.5. The van der Waals surface area contributed by atoms with Crippen LogP contribution in [0.15, 0.2) is 22.7 Å². The molecule has 2 aromatic rings. The molecule has 1 fully saturated rings. The summed E-state index contributed by atoms with van der Waals surface area (Å²) < 4.78 is 11.0. The standard InChI is InChI=1S/C17H18ClN5O3/c1-10-16(17-20-11(2)22-26-17)23(5-6-25-10)9-15(24)21-13-4-3-12(8-19)14(18)7-13/h3-4,7,10,16H,5-6,9H2,1-2H3,(H,21,24)/t10-,16+/m1/s1. The highest BCUT2D eigenvalue weighted by Crippen LogP contribution is 2.28. The number of anilines is 1. The number of carbonyl (C=O) groups excluding carboxylic acids is 1. The predicted molar refractivity (Wildman–Crippen MR) is 93.6 cm³/mol. The average molecular weight is 376 g/mol. The molecule has 0 aliphatic carbocycles. The minimum absolute atomic E-state index is 0.136. The molecule has 1 aliphatic rings. The van der Waals surface area contributed by atoms with Crippen LogP contribution >= 0.6 is 11.6 Å². The lowest BCUT2D eigenvalue weighted by atomic mass is 10.1. The number of morpholine rings is 1. The largest absolute Gasteiger partial charge is 0.375 e. The lowest BCUT2D eigenvalue weighted by molar-refractivity contribution is -0.123. The summed E-state index contributed by atoms with van der Waals surface area (Å²) in [6, 6.07) is 6.46. The van der Waals surface area contributed by atoms with Gasteiger partial charge in [-0.25, -0.2) is 0 Å². The fourth-order valence-electron chi connectivity index (χ4n) is 2.92. The van der Waals surface area contributed by atoms with Gasteiger partial charge in [0.2, 0.25) is 11.8 Å². The van der Waals surface area contributed by atoms with Gasteiger partial charge in [-0.1, -0.05) is 16.8 Å². The fourth-order valence-corrected chi connectivity index (χ4v) is 3.14. The Morgan fingerprint density at radius 1 is 1.54 bits per heavy atom. The third kappa shape index (κ3) is 4.02. The van der Waals surface area contributed by atoms with E-state index >= 15 is 0 Å². The molecule has 9 heteroatoms. The molecule has 2 atom stereocenters. The second-order valence-electron chi connectivity index (χ2n) is 6.03. The van der Waals surface area contributed by atoms with Gasteiger partial charge in [-0.2, -0.15) is 10.2 Å². The van der Waals surface area contributed by atoms with Crippen molar-refractivity contribution in [1.29, 1.82) is 5.26 Å². The Kier molecular flexibility index (Phi) is 5.52. The van der Waals surface area contributed by atoms with Gasteiger partial charge in [-0.3, -0.25) is 9.69 Å². The van der Waals surface area contributed by atoms with E-state index in [0.717, 1.165) is 0 Å². The van der Waals surface area contributed by atoms with Crippen LogP contribution in [0.2, 0.25) is 5.02 Å². The monoisotopic (exact) mass is 375 g/mol. The molecule has 1 aromatic carbocycles. The van der Waals surface area contributed by atoms with Crippen molar-refractivity contribution in [2.24, 2.45) is 0 Å². The number of benzene rings is 1. The highest BCUT2D eigenvalue weighted by Gasteiger charge is 2.35. The summed E-state index contributed by atoms with van der Waals surface area (Å²) in [7, 11) is 0. The third-order valence-electron chi connectivity index (χ3n) is 4.11. The molecule has 0 unspecified atom stereocenters. The van der Waals surface area contributed by atoms with E-state index in [9.17, 15) is 4.79 Å². The molecule has 1 aromatic heterocycles. The zero-order valence-electron chi connectivity index (χ0n) is 14.4. The maximum absolute atomic E-state index is 12.5. The first-order chi connectivity index (χ1) is 12.5. The van der Waals surface area contributed by atoms with E-state index in [-0.39, 0.29) is 24.6 Å². The second kappa shape index (κ2) is 7.83. The van der Waals surface area contributed by atoms with E-state index in [4.69, 9.17) is 26.1 Å². The maximum atomic E-state index is 12.5. The average Bonchev–Trinajstić information content (AvgIpc) is 3.01. The highest BCUT2D eigenvalue weighted by molar-refractivity contribution is 6.32. The Balaban J connectivity index is 1.70. The summed E-state index contributed by atoms with van der Waals surface area (Å²) >= 11 is 6.00. The van der Waals surface area contributed by atoms with Crippen LogP contribution in [-0.2, 0) is 9.53 Å². The quantitative estimate of drug-likeness (QED) is 0.874. The van der Waals surface area contributed by atoms with Gasteiger partial charge < -0.3 is 14.6 Å². The topological polar surface area (TPSA) is 104 Å². The SMILES string of the molecule is Cc1noc([C@@H]2[C@@H](C)OCCN2CC(=O)Nc2ccc(C#N)c(Cl)c2)n1. The Morgan fingerprint density at radius 2 is 2.35 bits per heavy atom. The number of hydrogen-bond donors (Lipinski definition) is 1. The Morgan fingerprint density at radius 3 is 3.00 bits per heavy atom. The first kappa shape index (κ1) is 18.3. The van der Waals surface area contributed by atoms with Gasteiger partial charge in [0.25, 0.3) is 0 Å². The molecule has 0 spiro atoms. The van der Waals surface area contributed by atoms with Crippen LogP contribution in [0.1, 0.15) is 30.2 Å². The first-order valence-corrected chi connectivity index (χ1v) is 8.51. The molecule has 0 radical (unpaired) electrons. The van der Waals surface area contributed by atoms with Crippen LogP contribution in [-0.4, -0.2) is 46.7 Å². The molecule has 1 aliphatic heterocycles.